The van der Waals surface area contributed by atoms with E-state index in [1.54, 1.807) is 11.3 Å². The van der Waals surface area contributed by atoms with E-state index in [2.05, 4.69) is 58.6 Å². The molecule has 0 unspecified atom stereocenters. The fourth-order valence-corrected chi connectivity index (χ4v) is 3.20. The summed E-state index contributed by atoms with van der Waals surface area (Å²) in [6.07, 6.45) is 2.03. The summed E-state index contributed by atoms with van der Waals surface area (Å²) >= 11 is 3.98. The van der Waals surface area contributed by atoms with Crippen molar-refractivity contribution in [3.05, 3.63) is 19.7 Å². The molecular weight excluding hydrogens is 395 g/mol. The van der Waals surface area contributed by atoms with Crippen molar-refractivity contribution in [1.82, 2.24) is 15.0 Å². The summed E-state index contributed by atoms with van der Waals surface area (Å²) in [4.78, 5) is 13.9. The molecule has 1 N–H and O–H groups in total. The number of halogens is 1. The molecule has 0 aliphatic heterocycles. The number of nitrogens with one attached hydrogen (secondary N) is 1. The second kappa shape index (κ2) is 7.49. The lowest BCUT2D eigenvalue weighted by Gasteiger charge is -2.13. The SMILES string of the molecule is CCCNc1nc(-c2csc(C)n2)nc(CC(C)C)c1I. The monoisotopic (exact) mass is 416 g/mol. The van der Waals surface area contributed by atoms with Crippen LogP contribution in [0.3, 0.4) is 0 Å². The van der Waals surface area contributed by atoms with Gasteiger partial charge in [-0.15, -0.1) is 11.3 Å². The van der Waals surface area contributed by atoms with Crippen molar-refractivity contribution < 1.29 is 0 Å². The molecule has 21 heavy (non-hydrogen) atoms. The van der Waals surface area contributed by atoms with E-state index in [0.717, 1.165) is 51.0 Å². The molecule has 0 bridgehead atoms. The molecule has 0 spiro atoms. The first kappa shape index (κ1) is 16.6. The van der Waals surface area contributed by atoms with Crippen LogP contribution in [0.5, 0.6) is 0 Å². The zero-order valence-electron chi connectivity index (χ0n) is 12.9. The number of rotatable bonds is 6. The van der Waals surface area contributed by atoms with Gasteiger partial charge in [-0.2, -0.15) is 0 Å². The van der Waals surface area contributed by atoms with E-state index < -0.39 is 0 Å². The predicted octanol–water partition coefficient (Wildman–Crippen LogP) is 4.53. The molecule has 0 saturated carbocycles. The first-order valence-electron chi connectivity index (χ1n) is 7.24. The molecule has 2 aromatic rings. The van der Waals surface area contributed by atoms with Gasteiger partial charge < -0.3 is 5.32 Å². The summed E-state index contributed by atoms with van der Waals surface area (Å²) in [6, 6.07) is 0. The van der Waals surface area contributed by atoms with E-state index in [1.165, 1.54) is 0 Å². The molecule has 0 saturated heterocycles. The normalized spacial score (nSPS) is 11.1. The molecule has 2 rings (SSSR count). The maximum absolute atomic E-state index is 4.75. The molecule has 0 radical (unpaired) electrons. The fraction of sp³-hybridized carbons (Fsp3) is 0.533. The highest BCUT2D eigenvalue weighted by molar-refractivity contribution is 14.1. The van der Waals surface area contributed by atoms with E-state index in [0.29, 0.717) is 5.92 Å². The van der Waals surface area contributed by atoms with Gasteiger partial charge in [0.15, 0.2) is 5.82 Å². The first-order chi connectivity index (χ1) is 10.0. The van der Waals surface area contributed by atoms with Crippen molar-refractivity contribution in [2.75, 3.05) is 11.9 Å². The van der Waals surface area contributed by atoms with Crippen molar-refractivity contribution in [2.24, 2.45) is 5.92 Å². The lowest BCUT2D eigenvalue weighted by atomic mass is 10.1. The molecule has 6 heteroatoms. The van der Waals surface area contributed by atoms with Crippen LogP contribution in [0.15, 0.2) is 5.38 Å². The number of hydrogen-bond donors (Lipinski definition) is 1. The summed E-state index contributed by atoms with van der Waals surface area (Å²) in [5, 5.41) is 6.48. The highest BCUT2D eigenvalue weighted by Gasteiger charge is 2.15. The summed E-state index contributed by atoms with van der Waals surface area (Å²) in [5.74, 6) is 2.23. The number of thiazole rings is 1. The van der Waals surface area contributed by atoms with E-state index in [-0.39, 0.29) is 0 Å². The summed E-state index contributed by atoms with van der Waals surface area (Å²) in [5.41, 5.74) is 1.98. The quantitative estimate of drug-likeness (QED) is 0.703. The van der Waals surface area contributed by atoms with Crippen LogP contribution < -0.4 is 5.32 Å². The number of hydrogen-bond acceptors (Lipinski definition) is 5. The largest absolute Gasteiger partial charge is 0.369 e. The third-order valence-corrected chi connectivity index (χ3v) is 4.82. The summed E-state index contributed by atoms with van der Waals surface area (Å²) in [6.45, 7) is 9.50. The molecule has 0 aliphatic rings. The van der Waals surface area contributed by atoms with Gasteiger partial charge in [0.2, 0.25) is 0 Å². The topological polar surface area (TPSA) is 50.7 Å². The zero-order chi connectivity index (χ0) is 15.4. The lowest BCUT2D eigenvalue weighted by Crippen LogP contribution is -2.10. The predicted molar refractivity (Wildman–Crippen MR) is 97.9 cm³/mol. The smallest absolute Gasteiger partial charge is 0.181 e. The molecule has 4 nitrogen and oxygen atoms in total. The van der Waals surface area contributed by atoms with Crippen molar-refractivity contribution in [1.29, 1.82) is 0 Å². The maximum atomic E-state index is 4.75. The van der Waals surface area contributed by atoms with Crippen molar-refractivity contribution >= 4 is 39.7 Å². The molecule has 0 fully saturated rings. The average Bonchev–Trinajstić information content (AvgIpc) is 2.86. The Morgan fingerprint density at radius 2 is 2.05 bits per heavy atom. The molecule has 0 aromatic carbocycles. The minimum atomic E-state index is 0.567. The Morgan fingerprint density at radius 3 is 2.62 bits per heavy atom. The third-order valence-electron chi connectivity index (χ3n) is 2.91. The fourth-order valence-electron chi connectivity index (χ4n) is 1.96. The van der Waals surface area contributed by atoms with Crippen LogP contribution >= 0.6 is 33.9 Å². The van der Waals surface area contributed by atoms with E-state index in [9.17, 15) is 0 Å². The minimum absolute atomic E-state index is 0.567. The maximum Gasteiger partial charge on any atom is 0.181 e. The molecule has 2 heterocycles. The van der Waals surface area contributed by atoms with Crippen molar-refractivity contribution in [2.45, 2.75) is 40.5 Å². The van der Waals surface area contributed by atoms with E-state index >= 15 is 0 Å². The van der Waals surface area contributed by atoms with Gasteiger partial charge in [-0.25, -0.2) is 15.0 Å². The summed E-state index contributed by atoms with van der Waals surface area (Å²) < 4.78 is 1.13. The second-order valence-corrected chi connectivity index (χ2v) is 7.57. The second-order valence-electron chi connectivity index (χ2n) is 5.43. The highest BCUT2D eigenvalue weighted by atomic mass is 127. The van der Waals surface area contributed by atoms with Gasteiger partial charge in [0, 0.05) is 11.9 Å². The Kier molecular flexibility index (Phi) is 5.92. The first-order valence-corrected chi connectivity index (χ1v) is 9.19. The molecule has 0 atom stereocenters. The van der Waals surface area contributed by atoms with Gasteiger partial charge in [-0.3, -0.25) is 0 Å². The molecule has 114 valence electrons. The Balaban J connectivity index is 2.44. The number of aryl methyl sites for hydroxylation is 1. The van der Waals surface area contributed by atoms with Crippen LogP contribution in [0, 0.1) is 16.4 Å². The van der Waals surface area contributed by atoms with Gasteiger partial charge in [-0.05, 0) is 48.3 Å². The van der Waals surface area contributed by atoms with Crippen molar-refractivity contribution in [3.63, 3.8) is 0 Å². The molecule has 0 amide bonds. The van der Waals surface area contributed by atoms with Gasteiger partial charge >= 0.3 is 0 Å². The van der Waals surface area contributed by atoms with Crippen LogP contribution in [0.1, 0.15) is 37.9 Å². The standard InChI is InChI=1S/C15H21IN4S/c1-5-6-17-15-13(16)11(7-9(2)3)19-14(20-15)12-8-21-10(4)18-12/h8-9H,5-7H2,1-4H3,(H,17,19,20). The van der Waals surface area contributed by atoms with Crippen molar-refractivity contribution in [3.8, 4) is 11.5 Å². The summed E-state index contributed by atoms with van der Waals surface area (Å²) in [7, 11) is 0. The van der Waals surface area contributed by atoms with E-state index in [4.69, 9.17) is 4.98 Å². The average molecular weight is 416 g/mol. The molecule has 0 aliphatic carbocycles. The minimum Gasteiger partial charge on any atom is -0.369 e. The van der Waals surface area contributed by atoms with Crippen LogP contribution in [-0.2, 0) is 6.42 Å². The van der Waals surface area contributed by atoms with Gasteiger partial charge in [0.1, 0.15) is 11.5 Å². The number of aromatic nitrogens is 3. The Hall–Kier alpha value is -0.760. The van der Waals surface area contributed by atoms with Gasteiger partial charge in [-0.1, -0.05) is 20.8 Å². The third kappa shape index (κ3) is 4.35. The molecular formula is C15H21IN4S. The van der Waals surface area contributed by atoms with Gasteiger partial charge in [0.25, 0.3) is 0 Å². The van der Waals surface area contributed by atoms with Crippen LogP contribution in [0.2, 0.25) is 0 Å². The lowest BCUT2D eigenvalue weighted by molar-refractivity contribution is 0.632. The van der Waals surface area contributed by atoms with Crippen LogP contribution in [-0.4, -0.2) is 21.5 Å². The Morgan fingerprint density at radius 1 is 1.29 bits per heavy atom. The number of anilines is 1. The van der Waals surface area contributed by atoms with Crippen LogP contribution in [0.4, 0.5) is 5.82 Å². The Bertz CT molecular complexity index is 610. The molecule has 2 aromatic heterocycles. The van der Waals surface area contributed by atoms with Crippen LogP contribution in [0.25, 0.3) is 11.5 Å². The van der Waals surface area contributed by atoms with Gasteiger partial charge in [0.05, 0.1) is 14.3 Å². The highest BCUT2D eigenvalue weighted by Crippen LogP contribution is 2.26. The Labute approximate surface area is 144 Å². The number of nitrogens with zero attached hydrogens (tertiary/aromatic N) is 3. The zero-order valence-corrected chi connectivity index (χ0v) is 15.9. The van der Waals surface area contributed by atoms with E-state index in [1.807, 2.05) is 12.3 Å².